The fourth-order valence-electron chi connectivity index (χ4n) is 3.34. The van der Waals surface area contributed by atoms with Gasteiger partial charge in [-0.3, -0.25) is 0 Å². The van der Waals surface area contributed by atoms with Crippen molar-refractivity contribution in [2.45, 2.75) is 19.5 Å². The molecule has 8 nitrogen and oxygen atoms in total. The van der Waals surface area contributed by atoms with E-state index in [1.165, 1.54) is 18.2 Å². The van der Waals surface area contributed by atoms with Crippen molar-refractivity contribution in [2.75, 3.05) is 17.7 Å². The fourth-order valence-corrected chi connectivity index (χ4v) is 3.52. The summed E-state index contributed by atoms with van der Waals surface area (Å²) in [6.45, 7) is 2.40. The van der Waals surface area contributed by atoms with Gasteiger partial charge < -0.3 is 15.5 Å². The molecule has 2 aromatic heterocycles. The van der Waals surface area contributed by atoms with Crippen molar-refractivity contribution < 1.29 is 9.18 Å². The highest BCUT2D eigenvalue weighted by Gasteiger charge is 2.21. The lowest BCUT2D eigenvalue weighted by Crippen LogP contribution is -2.33. The average Bonchev–Trinajstić information content (AvgIpc) is 3.32. The Morgan fingerprint density at radius 3 is 2.72 bits per heavy atom. The molecule has 0 unspecified atom stereocenters. The van der Waals surface area contributed by atoms with Crippen molar-refractivity contribution in [1.82, 2.24) is 25.3 Å². The van der Waals surface area contributed by atoms with Gasteiger partial charge in [-0.15, -0.1) is 0 Å². The number of rotatable bonds is 6. The number of aromatic amines is 1. The lowest BCUT2D eigenvalue weighted by Gasteiger charge is -2.27. The lowest BCUT2D eigenvalue weighted by molar-refractivity contribution is 0.208. The van der Waals surface area contributed by atoms with Gasteiger partial charge in [-0.2, -0.15) is 15.4 Å². The van der Waals surface area contributed by atoms with Gasteiger partial charge in [0.05, 0.1) is 23.8 Å². The highest BCUT2D eigenvalue weighted by atomic mass is 35.5. The van der Waals surface area contributed by atoms with Crippen LogP contribution in [0, 0.1) is 5.82 Å². The van der Waals surface area contributed by atoms with Crippen LogP contribution in [0.1, 0.15) is 24.2 Å². The molecule has 2 amide bonds. The van der Waals surface area contributed by atoms with Crippen LogP contribution in [0.15, 0.2) is 54.9 Å². The number of hydrogen-bond donors (Lipinski definition) is 3. The third-order valence-electron chi connectivity index (χ3n) is 5.25. The zero-order valence-corrected chi connectivity index (χ0v) is 18.2. The van der Waals surface area contributed by atoms with Gasteiger partial charge >= 0.3 is 6.03 Å². The highest BCUT2D eigenvalue weighted by molar-refractivity contribution is 6.31. The molecule has 10 heteroatoms. The number of pyridine rings is 1. The Morgan fingerprint density at radius 1 is 1.22 bits per heavy atom. The van der Waals surface area contributed by atoms with E-state index < -0.39 is 5.82 Å². The van der Waals surface area contributed by atoms with Crippen molar-refractivity contribution in [2.24, 2.45) is 0 Å². The summed E-state index contributed by atoms with van der Waals surface area (Å²) >= 11 is 5.81. The molecule has 0 saturated carbocycles. The molecule has 0 aliphatic carbocycles. The number of carbonyl (C=O) groups excluding carboxylic acids is 1. The van der Waals surface area contributed by atoms with Gasteiger partial charge in [-0.25, -0.2) is 14.2 Å². The maximum absolute atomic E-state index is 13.4. The van der Waals surface area contributed by atoms with Crippen LogP contribution in [0.5, 0.6) is 0 Å². The van der Waals surface area contributed by atoms with Crippen LogP contribution in [-0.4, -0.2) is 38.4 Å². The Bertz CT molecular complexity index is 1250. The Labute approximate surface area is 188 Å². The number of nitrogens with one attached hydrogen (secondary N) is 3. The highest BCUT2D eigenvalue weighted by Crippen LogP contribution is 2.31. The topological polar surface area (TPSA) is 98.8 Å². The first kappa shape index (κ1) is 21.5. The SMILES string of the molecule is C[C@H](c1cnc(NCc2cn[nH]n2)c2ccccc12)N(C)C(=O)Nc1ccc(F)c(Cl)c1. The summed E-state index contributed by atoms with van der Waals surface area (Å²) in [5.74, 6) is 0.175. The minimum atomic E-state index is -0.541. The number of halogens is 2. The number of fused-ring (bicyclic) bond motifs is 1. The second kappa shape index (κ2) is 9.19. The number of aromatic nitrogens is 4. The summed E-state index contributed by atoms with van der Waals surface area (Å²) in [6.07, 6.45) is 3.41. The summed E-state index contributed by atoms with van der Waals surface area (Å²) < 4.78 is 13.4. The number of carbonyl (C=O) groups is 1. The molecule has 0 radical (unpaired) electrons. The zero-order valence-electron chi connectivity index (χ0n) is 17.4. The molecule has 1 atom stereocenters. The van der Waals surface area contributed by atoms with Gasteiger partial charge in [-0.1, -0.05) is 35.9 Å². The standard InChI is InChI=1S/C22H21ClFN7O/c1-13(31(2)22(32)28-14-7-8-20(24)19(23)9-14)18-12-26-21(17-6-4-3-5-16(17)18)25-10-15-11-27-30-29-15/h3-9,11-13H,10H2,1-2H3,(H,25,26)(H,28,32)(H,27,29,30)/t13-/m1/s1. The fraction of sp³-hybridized carbons (Fsp3) is 0.182. The second-order valence-electron chi connectivity index (χ2n) is 7.27. The molecule has 0 aliphatic heterocycles. The van der Waals surface area contributed by atoms with Crippen LogP contribution >= 0.6 is 11.6 Å². The van der Waals surface area contributed by atoms with Gasteiger partial charge in [0.25, 0.3) is 0 Å². The summed E-state index contributed by atoms with van der Waals surface area (Å²) in [7, 11) is 1.69. The Kier molecular flexibility index (Phi) is 6.18. The largest absolute Gasteiger partial charge is 0.364 e. The number of benzene rings is 2. The van der Waals surface area contributed by atoms with E-state index in [0.29, 0.717) is 18.1 Å². The van der Waals surface area contributed by atoms with E-state index in [4.69, 9.17) is 11.6 Å². The number of H-pyrrole nitrogens is 1. The predicted octanol–water partition coefficient (Wildman–Crippen LogP) is 4.98. The molecule has 32 heavy (non-hydrogen) atoms. The smallest absolute Gasteiger partial charge is 0.322 e. The number of amides is 2. The van der Waals surface area contributed by atoms with Gasteiger partial charge in [0.15, 0.2) is 0 Å². The molecule has 2 heterocycles. The van der Waals surface area contributed by atoms with Crippen molar-refractivity contribution in [3.63, 3.8) is 0 Å². The summed E-state index contributed by atoms with van der Waals surface area (Å²) in [6, 6.07) is 11.3. The number of hydrogen-bond acceptors (Lipinski definition) is 5. The third-order valence-corrected chi connectivity index (χ3v) is 5.54. The molecule has 0 saturated heterocycles. The van der Waals surface area contributed by atoms with Gasteiger partial charge in [-0.05, 0) is 30.5 Å². The Morgan fingerprint density at radius 2 is 2.00 bits per heavy atom. The minimum Gasteiger partial charge on any atom is -0.364 e. The molecular weight excluding hydrogens is 433 g/mol. The van der Waals surface area contributed by atoms with E-state index in [1.807, 2.05) is 31.2 Å². The van der Waals surface area contributed by atoms with Crippen LogP contribution in [-0.2, 0) is 6.54 Å². The molecular formula is C22H21ClFN7O. The molecule has 0 bridgehead atoms. The summed E-state index contributed by atoms with van der Waals surface area (Å²) in [5, 5.41) is 18.3. The first-order valence-corrected chi connectivity index (χ1v) is 10.3. The van der Waals surface area contributed by atoms with Crippen molar-refractivity contribution in [3.05, 3.63) is 77.0 Å². The van der Waals surface area contributed by atoms with Crippen molar-refractivity contribution >= 4 is 39.9 Å². The molecule has 0 fully saturated rings. The van der Waals surface area contributed by atoms with E-state index in [9.17, 15) is 9.18 Å². The van der Waals surface area contributed by atoms with E-state index >= 15 is 0 Å². The minimum absolute atomic E-state index is 0.0533. The quantitative estimate of drug-likeness (QED) is 0.382. The Balaban J connectivity index is 1.55. The van der Waals surface area contributed by atoms with Crippen LogP contribution in [0.25, 0.3) is 10.8 Å². The number of urea groups is 1. The van der Waals surface area contributed by atoms with Crippen LogP contribution < -0.4 is 10.6 Å². The maximum Gasteiger partial charge on any atom is 0.322 e. The predicted molar refractivity (Wildman–Crippen MR) is 122 cm³/mol. The van der Waals surface area contributed by atoms with Crippen LogP contribution in [0.4, 0.5) is 20.7 Å². The Hall–Kier alpha value is -3.72. The van der Waals surface area contributed by atoms with Crippen molar-refractivity contribution in [1.29, 1.82) is 0 Å². The molecule has 4 rings (SSSR count). The van der Waals surface area contributed by atoms with E-state index in [-0.39, 0.29) is 17.1 Å². The number of anilines is 2. The molecule has 0 spiro atoms. The van der Waals surface area contributed by atoms with E-state index in [2.05, 4.69) is 31.0 Å². The first-order chi connectivity index (χ1) is 15.4. The molecule has 2 aromatic carbocycles. The van der Waals surface area contributed by atoms with Crippen molar-refractivity contribution in [3.8, 4) is 0 Å². The lowest BCUT2D eigenvalue weighted by atomic mass is 10.0. The molecule has 0 aliphatic rings. The van der Waals surface area contributed by atoms with Crippen LogP contribution in [0.3, 0.4) is 0 Å². The first-order valence-electron chi connectivity index (χ1n) is 9.89. The average molecular weight is 454 g/mol. The van der Waals surface area contributed by atoms with Gasteiger partial charge in [0.1, 0.15) is 17.3 Å². The normalized spacial score (nSPS) is 11.9. The zero-order chi connectivity index (χ0) is 22.7. The third kappa shape index (κ3) is 4.47. The van der Waals surface area contributed by atoms with Gasteiger partial charge in [0, 0.05) is 29.9 Å². The second-order valence-corrected chi connectivity index (χ2v) is 7.68. The molecule has 164 valence electrons. The molecule has 4 aromatic rings. The summed E-state index contributed by atoms with van der Waals surface area (Å²) in [4.78, 5) is 18.9. The van der Waals surface area contributed by atoms with Crippen LogP contribution in [0.2, 0.25) is 5.02 Å². The molecule has 3 N–H and O–H groups in total. The maximum atomic E-state index is 13.4. The van der Waals surface area contributed by atoms with E-state index in [1.54, 1.807) is 24.3 Å². The number of nitrogens with zero attached hydrogens (tertiary/aromatic N) is 4. The monoisotopic (exact) mass is 453 g/mol. The summed E-state index contributed by atoms with van der Waals surface area (Å²) in [5.41, 5.74) is 2.07. The van der Waals surface area contributed by atoms with E-state index in [0.717, 1.165) is 22.0 Å². The van der Waals surface area contributed by atoms with Gasteiger partial charge in [0.2, 0.25) is 0 Å².